The smallest absolute Gasteiger partial charge is 0.0994 e. The molecule has 15 aromatic rings. The van der Waals surface area contributed by atoms with E-state index >= 15 is 0 Å². The quantitative estimate of drug-likeness (QED) is 0.110. The van der Waals surface area contributed by atoms with Gasteiger partial charge in [0, 0.05) is 54.9 Å². The summed E-state index contributed by atoms with van der Waals surface area (Å²) >= 11 is 0. The van der Waals surface area contributed by atoms with Gasteiger partial charge in [0.15, 0.2) is 0 Å². The first-order chi connectivity index (χ1) is 40.7. The molecule has 2 aliphatic heterocycles. The second-order valence-electron chi connectivity index (χ2n) is 23.8. The van der Waals surface area contributed by atoms with Crippen molar-refractivity contribution in [1.29, 1.82) is 0 Å². The van der Waals surface area contributed by atoms with E-state index in [0.29, 0.717) is 6.42 Å². The topological polar surface area (TPSA) is 166 Å². The molecule has 12 heteroatoms. The number of H-pyrrole nitrogens is 4. The van der Waals surface area contributed by atoms with Crippen LogP contribution in [0.2, 0.25) is 0 Å². The van der Waals surface area contributed by atoms with Crippen molar-refractivity contribution in [3.63, 3.8) is 0 Å². The SMILES string of the molecule is CC1CC(C)C2C(=Nc3c1c1ccc4nc1c1nc(ccc31)c1ccc([nH]1)c1ccc3ccc5ccc(nc5c3n1)c1ccc4[nH]1)C1=C3CC(C)(C=C1)c1ccc([nH]1)-c1ccc4ccc5ccc(nc5c4n1)-c1ccc([nH]1)-c1ccc2c3n1. The number of aromatic amines is 4. The molecule has 0 saturated heterocycles. The highest BCUT2D eigenvalue weighted by Gasteiger charge is 2.43. The van der Waals surface area contributed by atoms with Gasteiger partial charge in [-0.15, -0.1) is 0 Å². The van der Waals surface area contributed by atoms with Crippen molar-refractivity contribution in [2.24, 2.45) is 10.9 Å². The molecule has 2 aliphatic carbocycles. The van der Waals surface area contributed by atoms with Gasteiger partial charge in [-0.2, -0.15) is 0 Å². The fourth-order valence-electron chi connectivity index (χ4n) is 14.6. The van der Waals surface area contributed by atoms with Gasteiger partial charge >= 0.3 is 0 Å². The molecule has 392 valence electrons. The lowest BCUT2D eigenvalue weighted by Crippen LogP contribution is -2.33. The van der Waals surface area contributed by atoms with Gasteiger partial charge in [-0.05, 0) is 138 Å². The first-order valence-corrected chi connectivity index (χ1v) is 28.7. The number of hydrogen-bond acceptors (Lipinski definition) is 8. The second kappa shape index (κ2) is 16.1. The molecule has 3 aromatic carbocycles. The van der Waals surface area contributed by atoms with Gasteiger partial charge < -0.3 is 19.9 Å². The van der Waals surface area contributed by atoms with Crippen LogP contribution < -0.4 is 0 Å². The zero-order chi connectivity index (χ0) is 54.6. The van der Waals surface area contributed by atoms with Gasteiger partial charge in [-0.25, -0.2) is 34.9 Å². The van der Waals surface area contributed by atoms with E-state index in [2.05, 4.69) is 211 Å². The molecule has 0 fully saturated rings. The van der Waals surface area contributed by atoms with E-state index < -0.39 is 5.41 Å². The van der Waals surface area contributed by atoms with Crippen LogP contribution >= 0.6 is 0 Å². The largest absolute Gasteiger partial charge is 0.356 e. The van der Waals surface area contributed by atoms with Gasteiger partial charge in [0.2, 0.25) is 0 Å². The lowest BCUT2D eigenvalue weighted by atomic mass is 9.65. The third-order valence-electron chi connectivity index (χ3n) is 18.8. The molecule has 0 spiro atoms. The summed E-state index contributed by atoms with van der Waals surface area (Å²) in [4.78, 5) is 59.2. The summed E-state index contributed by atoms with van der Waals surface area (Å²) in [7, 11) is 0. The summed E-state index contributed by atoms with van der Waals surface area (Å²) in [5, 5.41) is 6.18. The molecule has 0 amide bonds. The molecular formula is C71H48N12. The second-order valence-corrected chi connectivity index (χ2v) is 23.8. The van der Waals surface area contributed by atoms with E-state index in [1.807, 2.05) is 0 Å². The monoisotopic (exact) mass is 1070 g/mol. The third kappa shape index (κ3) is 6.45. The molecule has 4 aliphatic rings. The average Bonchev–Trinajstić information content (AvgIpc) is 4.30. The number of aliphatic imine (C=N–C) groups is 1. The van der Waals surface area contributed by atoms with Crippen LogP contribution in [0.5, 0.6) is 0 Å². The van der Waals surface area contributed by atoms with Crippen LogP contribution in [0.1, 0.15) is 68.0 Å². The van der Waals surface area contributed by atoms with E-state index in [1.54, 1.807) is 0 Å². The Kier molecular flexibility index (Phi) is 8.80. The molecule has 4 unspecified atom stereocenters. The third-order valence-corrected chi connectivity index (χ3v) is 18.8. The number of rotatable bonds is 0. The Balaban J connectivity index is 0.858. The standard InChI is InChI=1S/C71H48N12/c1-34-32-35(2)61-42-13-20-57-49-26-23-46(73-49)53-16-8-36-4-5-37-9-17-54(77-63(37)62(36)76-53)47-24-27-50(74-47)58-21-14-43(70(82-58)69(42)81-57)68(61)83-67-40-30-31-71(3)33-44(40)66-41(60(34)67)12-19-56(80-66)48-25-22-45(72-48)52-15-10-38-6-7-39-11-18-55(51-28-29-59(71)75-51)79-65(39)64(38)78-52/h4-31,34-35,60,72-75H,32-33H2,1-3H3. The Morgan fingerprint density at radius 2 is 0.928 bits per heavy atom. The maximum Gasteiger partial charge on any atom is 0.0994 e. The fraction of sp³-hybridized carbons (Fsp3) is 0.127. The number of allylic oxidation sites excluding steroid dienone is 4. The van der Waals surface area contributed by atoms with Crippen LogP contribution in [0.3, 0.4) is 0 Å². The summed E-state index contributed by atoms with van der Waals surface area (Å²) in [5.41, 5.74) is 25.9. The van der Waals surface area contributed by atoms with Gasteiger partial charge in [0.25, 0.3) is 0 Å². The molecule has 83 heavy (non-hydrogen) atoms. The number of aromatic nitrogens is 11. The predicted molar refractivity (Wildman–Crippen MR) is 335 cm³/mol. The van der Waals surface area contributed by atoms with Crippen LogP contribution in [0.15, 0.2) is 180 Å². The van der Waals surface area contributed by atoms with Crippen molar-refractivity contribution in [2.45, 2.75) is 50.9 Å². The maximum atomic E-state index is 6.12. The molecule has 19 rings (SSSR count). The molecule has 14 heterocycles. The minimum absolute atomic E-state index is 0.0409. The molecule has 12 aromatic heterocycles. The minimum Gasteiger partial charge on any atom is -0.356 e. The van der Waals surface area contributed by atoms with Crippen molar-refractivity contribution < 1.29 is 0 Å². The molecule has 4 atom stereocenters. The van der Waals surface area contributed by atoms with Crippen LogP contribution in [0, 0.1) is 5.92 Å². The van der Waals surface area contributed by atoms with Gasteiger partial charge in [0.05, 0.1) is 128 Å². The molecular weight excluding hydrogens is 1020 g/mol. The average molecular weight is 1070 g/mol. The van der Waals surface area contributed by atoms with Crippen molar-refractivity contribution >= 4 is 127 Å². The minimum atomic E-state index is -0.414. The van der Waals surface area contributed by atoms with Crippen molar-refractivity contribution in [3.05, 3.63) is 198 Å². The molecule has 4 N–H and O–H groups in total. The molecule has 0 radical (unpaired) electrons. The fourth-order valence-corrected chi connectivity index (χ4v) is 14.6. The Morgan fingerprint density at radius 3 is 1.54 bits per heavy atom. The number of fused-ring (bicyclic) bond motifs is 30. The van der Waals surface area contributed by atoms with E-state index in [9.17, 15) is 0 Å². The van der Waals surface area contributed by atoms with Crippen molar-refractivity contribution in [2.75, 3.05) is 0 Å². The first kappa shape index (κ1) is 45.3. The highest BCUT2D eigenvalue weighted by Crippen LogP contribution is 2.54. The molecule has 0 saturated carbocycles. The first-order valence-electron chi connectivity index (χ1n) is 28.7. The van der Waals surface area contributed by atoms with Gasteiger partial charge in [-0.1, -0.05) is 93.6 Å². The Morgan fingerprint density at radius 1 is 0.446 bits per heavy atom. The van der Waals surface area contributed by atoms with E-state index in [4.69, 9.17) is 39.9 Å². The van der Waals surface area contributed by atoms with E-state index in [0.717, 1.165) is 178 Å². The Bertz CT molecular complexity index is 5610. The number of pyridine rings is 7. The Labute approximate surface area is 472 Å². The van der Waals surface area contributed by atoms with Crippen LogP contribution in [0.25, 0.3) is 149 Å². The van der Waals surface area contributed by atoms with E-state index in [1.165, 1.54) is 16.7 Å². The summed E-state index contributed by atoms with van der Waals surface area (Å²) in [6.45, 7) is 7.12. The van der Waals surface area contributed by atoms with Crippen molar-refractivity contribution in [3.8, 4) is 34.2 Å². The summed E-state index contributed by atoms with van der Waals surface area (Å²) in [5.74, 6) is 0.270. The number of nitrogens with zero attached hydrogens (tertiary/aromatic N) is 8. The zero-order valence-electron chi connectivity index (χ0n) is 45.4. The van der Waals surface area contributed by atoms with Crippen LogP contribution in [0.4, 0.5) is 5.69 Å². The maximum absolute atomic E-state index is 6.12. The summed E-state index contributed by atoms with van der Waals surface area (Å²) in [6, 6.07) is 55.8. The molecule has 12 nitrogen and oxygen atoms in total. The number of hydrogen-bond donors (Lipinski definition) is 4. The van der Waals surface area contributed by atoms with E-state index in [-0.39, 0.29) is 17.8 Å². The lowest BCUT2D eigenvalue weighted by Gasteiger charge is -2.40. The number of benzene rings is 3. The van der Waals surface area contributed by atoms with Gasteiger partial charge in [-0.3, -0.25) is 4.99 Å². The predicted octanol–water partition coefficient (Wildman–Crippen LogP) is 16.9. The zero-order valence-corrected chi connectivity index (χ0v) is 45.4. The van der Waals surface area contributed by atoms with Crippen LogP contribution in [-0.4, -0.2) is 60.5 Å². The lowest BCUT2D eigenvalue weighted by molar-refractivity contribution is 0.455. The van der Waals surface area contributed by atoms with Crippen LogP contribution in [-0.2, 0) is 5.41 Å². The summed E-state index contributed by atoms with van der Waals surface area (Å²) < 4.78 is 0. The highest BCUT2D eigenvalue weighted by molar-refractivity contribution is 6.20. The van der Waals surface area contributed by atoms with Crippen molar-refractivity contribution in [1.82, 2.24) is 54.8 Å². The van der Waals surface area contributed by atoms with Gasteiger partial charge in [0.1, 0.15) is 0 Å². The molecule has 24 bridgehead atoms. The summed E-state index contributed by atoms with van der Waals surface area (Å²) in [6.07, 6.45) is 6.36. The highest BCUT2D eigenvalue weighted by atomic mass is 14.9. The normalized spacial score (nSPS) is 19.1. The Hall–Kier alpha value is -10.5. The number of nitrogens with one attached hydrogen (secondary N) is 4.